The third kappa shape index (κ3) is 1.44. The number of anilines is 1. The van der Waals surface area contributed by atoms with Gasteiger partial charge in [-0.2, -0.15) is 0 Å². The summed E-state index contributed by atoms with van der Waals surface area (Å²) in [6.07, 6.45) is 2.41. The van der Waals surface area contributed by atoms with Crippen molar-refractivity contribution in [2.75, 3.05) is 25.5 Å². The molecule has 86 valence electrons. The number of nitrogens with one attached hydrogen (secondary N) is 1. The molecule has 2 unspecified atom stereocenters. The van der Waals surface area contributed by atoms with Crippen LogP contribution in [-0.2, 0) is 6.42 Å². The second-order valence-corrected chi connectivity index (χ2v) is 5.14. The summed E-state index contributed by atoms with van der Waals surface area (Å²) >= 11 is 0. The topological polar surface area (TPSA) is 15.3 Å². The fourth-order valence-electron chi connectivity index (χ4n) is 3.19. The number of rotatable bonds is 1. The molecule has 1 N–H and O–H groups in total. The van der Waals surface area contributed by atoms with E-state index in [4.69, 9.17) is 0 Å². The maximum Gasteiger partial charge on any atom is 0.0411 e. The number of piperidine rings is 1. The fourth-order valence-corrected chi connectivity index (χ4v) is 3.19. The molecule has 0 spiro atoms. The van der Waals surface area contributed by atoms with Crippen LogP contribution in [0.15, 0.2) is 18.2 Å². The van der Waals surface area contributed by atoms with Crippen molar-refractivity contribution in [3.8, 4) is 0 Å². The summed E-state index contributed by atoms with van der Waals surface area (Å²) in [5.74, 6) is 0.709. The Bertz CT molecular complexity index is 400. The van der Waals surface area contributed by atoms with Crippen molar-refractivity contribution in [3.05, 3.63) is 29.3 Å². The molecule has 0 amide bonds. The molecule has 2 aliphatic heterocycles. The average molecular weight is 216 g/mol. The Labute approximate surface area is 97.6 Å². The SMILES string of the molecule is CCc1cccc2c1NC1CCN(C)CC21. The molecule has 1 aromatic rings. The second kappa shape index (κ2) is 3.77. The number of para-hydroxylation sites is 1. The molecule has 0 bridgehead atoms. The number of likely N-dealkylation sites (N-methyl/N-ethyl adjacent to an activating group) is 1. The number of likely N-dealkylation sites (tertiary alicyclic amines) is 1. The standard InChI is InChI=1S/C14H20N2/c1-3-10-5-4-6-11-12-9-16(2)8-7-13(12)15-14(10)11/h4-6,12-13,15H,3,7-9H2,1-2H3. The van der Waals surface area contributed by atoms with Crippen LogP contribution in [-0.4, -0.2) is 31.1 Å². The number of hydrogen-bond donors (Lipinski definition) is 1. The van der Waals surface area contributed by atoms with Crippen LogP contribution < -0.4 is 5.32 Å². The number of nitrogens with zero attached hydrogens (tertiary/aromatic N) is 1. The van der Waals surface area contributed by atoms with Gasteiger partial charge >= 0.3 is 0 Å². The molecule has 1 saturated heterocycles. The van der Waals surface area contributed by atoms with Gasteiger partial charge < -0.3 is 10.2 Å². The predicted molar refractivity (Wildman–Crippen MR) is 68.1 cm³/mol. The molecule has 2 atom stereocenters. The molecule has 3 rings (SSSR count). The van der Waals surface area contributed by atoms with Gasteiger partial charge in [-0.3, -0.25) is 0 Å². The molecule has 0 radical (unpaired) electrons. The van der Waals surface area contributed by atoms with E-state index in [-0.39, 0.29) is 0 Å². The lowest BCUT2D eigenvalue weighted by Gasteiger charge is -2.32. The van der Waals surface area contributed by atoms with Gasteiger partial charge in [0.15, 0.2) is 0 Å². The van der Waals surface area contributed by atoms with E-state index in [1.807, 2.05) is 0 Å². The minimum Gasteiger partial charge on any atom is -0.381 e. The van der Waals surface area contributed by atoms with Crippen LogP contribution in [0.4, 0.5) is 5.69 Å². The Hall–Kier alpha value is -1.02. The zero-order valence-corrected chi connectivity index (χ0v) is 10.2. The van der Waals surface area contributed by atoms with E-state index in [2.05, 4.69) is 42.4 Å². The van der Waals surface area contributed by atoms with Crippen LogP contribution >= 0.6 is 0 Å². The smallest absolute Gasteiger partial charge is 0.0411 e. The van der Waals surface area contributed by atoms with Crippen molar-refractivity contribution < 1.29 is 0 Å². The Morgan fingerprint density at radius 3 is 3.12 bits per heavy atom. The Morgan fingerprint density at radius 1 is 1.44 bits per heavy atom. The van der Waals surface area contributed by atoms with Crippen molar-refractivity contribution in [1.29, 1.82) is 0 Å². The van der Waals surface area contributed by atoms with Crippen LogP contribution in [0.5, 0.6) is 0 Å². The van der Waals surface area contributed by atoms with Gasteiger partial charge in [-0.25, -0.2) is 0 Å². The van der Waals surface area contributed by atoms with Crippen molar-refractivity contribution in [3.63, 3.8) is 0 Å². The maximum atomic E-state index is 3.75. The summed E-state index contributed by atoms with van der Waals surface area (Å²) in [7, 11) is 2.23. The van der Waals surface area contributed by atoms with Gasteiger partial charge in [-0.15, -0.1) is 0 Å². The third-order valence-electron chi connectivity index (χ3n) is 4.11. The highest BCUT2D eigenvalue weighted by Crippen LogP contribution is 2.41. The number of fused-ring (bicyclic) bond motifs is 3. The maximum absolute atomic E-state index is 3.75. The summed E-state index contributed by atoms with van der Waals surface area (Å²) < 4.78 is 0. The first-order valence-corrected chi connectivity index (χ1v) is 6.36. The second-order valence-electron chi connectivity index (χ2n) is 5.14. The lowest BCUT2D eigenvalue weighted by molar-refractivity contribution is 0.243. The molecule has 0 aliphatic carbocycles. The lowest BCUT2D eigenvalue weighted by atomic mass is 9.89. The summed E-state index contributed by atoms with van der Waals surface area (Å²) in [5.41, 5.74) is 4.47. The molecule has 0 saturated carbocycles. The van der Waals surface area contributed by atoms with Crippen molar-refractivity contribution in [1.82, 2.24) is 4.90 Å². The minimum absolute atomic E-state index is 0.680. The molecule has 1 aromatic carbocycles. The van der Waals surface area contributed by atoms with Crippen molar-refractivity contribution in [2.24, 2.45) is 0 Å². The highest BCUT2D eigenvalue weighted by Gasteiger charge is 2.36. The first kappa shape index (κ1) is 10.2. The summed E-state index contributed by atoms with van der Waals surface area (Å²) in [6, 6.07) is 7.47. The van der Waals surface area contributed by atoms with Crippen LogP contribution in [0.1, 0.15) is 30.4 Å². The molecule has 2 heteroatoms. The largest absolute Gasteiger partial charge is 0.381 e. The molecule has 2 nitrogen and oxygen atoms in total. The lowest BCUT2D eigenvalue weighted by Crippen LogP contribution is -2.39. The summed E-state index contributed by atoms with van der Waals surface area (Å²) in [6.45, 7) is 4.67. The fraction of sp³-hybridized carbons (Fsp3) is 0.571. The van der Waals surface area contributed by atoms with E-state index >= 15 is 0 Å². The quantitative estimate of drug-likeness (QED) is 0.775. The number of hydrogen-bond acceptors (Lipinski definition) is 2. The minimum atomic E-state index is 0.680. The van der Waals surface area contributed by atoms with Crippen LogP contribution in [0, 0.1) is 0 Å². The summed E-state index contributed by atoms with van der Waals surface area (Å²) in [4.78, 5) is 2.45. The Morgan fingerprint density at radius 2 is 2.31 bits per heavy atom. The molecule has 1 fully saturated rings. The third-order valence-corrected chi connectivity index (χ3v) is 4.11. The van der Waals surface area contributed by atoms with Crippen LogP contribution in [0.25, 0.3) is 0 Å². The van der Waals surface area contributed by atoms with E-state index in [0.29, 0.717) is 12.0 Å². The van der Waals surface area contributed by atoms with E-state index in [1.165, 1.54) is 30.8 Å². The average Bonchev–Trinajstić information content (AvgIpc) is 2.67. The highest BCUT2D eigenvalue weighted by molar-refractivity contribution is 5.64. The van der Waals surface area contributed by atoms with Gasteiger partial charge in [0, 0.05) is 24.2 Å². The first-order valence-electron chi connectivity index (χ1n) is 6.36. The van der Waals surface area contributed by atoms with E-state index in [0.717, 1.165) is 6.42 Å². The molecule has 2 heterocycles. The zero-order valence-electron chi connectivity index (χ0n) is 10.2. The Kier molecular flexibility index (Phi) is 2.40. The molecule has 16 heavy (non-hydrogen) atoms. The van der Waals surface area contributed by atoms with Crippen LogP contribution in [0.3, 0.4) is 0 Å². The number of aryl methyl sites for hydroxylation is 1. The predicted octanol–water partition coefficient (Wildman–Crippen LogP) is 2.46. The van der Waals surface area contributed by atoms with Gasteiger partial charge in [0.25, 0.3) is 0 Å². The normalized spacial score (nSPS) is 28.4. The monoisotopic (exact) mass is 216 g/mol. The van der Waals surface area contributed by atoms with Gasteiger partial charge in [-0.1, -0.05) is 25.1 Å². The van der Waals surface area contributed by atoms with E-state index < -0.39 is 0 Å². The Balaban J connectivity index is 1.99. The van der Waals surface area contributed by atoms with Gasteiger partial charge in [0.1, 0.15) is 0 Å². The van der Waals surface area contributed by atoms with E-state index in [9.17, 15) is 0 Å². The zero-order chi connectivity index (χ0) is 11.1. The van der Waals surface area contributed by atoms with Crippen molar-refractivity contribution >= 4 is 5.69 Å². The van der Waals surface area contributed by atoms with Crippen molar-refractivity contribution in [2.45, 2.75) is 31.7 Å². The van der Waals surface area contributed by atoms with Gasteiger partial charge in [0.05, 0.1) is 0 Å². The number of benzene rings is 1. The molecule has 0 aromatic heterocycles. The molecule has 2 aliphatic rings. The highest BCUT2D eigenvalue weighted by atomic mass is 15.1. The molecular formula is C14H20N2. The summed E-state index contributed by atoms with van der Waals surface area (Å²) in [5, 5.41) is 3.75. The van der Waals surface area contributed by atoms with Gasteiger partial charge in [-0.05, 0) is 37.6 Å². The van der Waals surface area contributed by atoms with Gasteiger partial charge in [0.2, 0.25) is 0 Å². The van der Waals surface area contributed by atoms with E-state index in [1.54, 1.807) is 5.56 Å². The van der Waals surface area contributed by atoms with Crippen LogP contribution in [0.2, 0.25) is 0 Å². The molecular weight excluding hydrogens is 196 g/mol. The first-order chi connectivity index (χ1) is 7.79.